The third-order valence-corrected chi connectivity index (χ3v) is 4.04. The molecule has 0 bridgehead atoms. The Bertz CT molecular complexity index is 442. The summed E-state index contributed by atoms with van der Waals surface area (Å²) in [6.45, 7) is 8.42. The zero-order valence-corrected chi connectivity index (χ0v) is 11.9. The molecule has 98 valence electrons. The highest BCUT2D eigenvalue weighted by molar-refractivity contribution is 5.96. The number of carbonyl (C=O) groups is 1. The molecular formula is C16H23NO. The van der Waals surface area contributed by atoms with Crippen LogP contribution in [0.1, 0.15) is 54.6 Å². The Hall–Kier alpha value is -1.31. The number of aryl methyl sites for hydroxylation is 2. The minimum atomic E-state index is 0.201. The van der Waals surface area contributed by atoms with Gasteiger partial charge in [0, 0.05) is 17.6 Å². The summed E-state index contributed by atoms with van der Waals surface area (Å²) >= 11 is 0. The summed E-state index contributed by atoms with van der Waals surface area (Å²) in [4.78, 5) is 14.7. The van der Waals surface area contributed by atoms with Crippen LogP contribution in [0.2, 0.25) is 0 Å². The van der Waals surface area contributed by atoms with E-state index < -0.39 is 0 Å². The molecule has 1 amide bonds. The summed E-state index contributed by atoms with van der Waals surface area (Å²) in [6.07, 6.45) is 3.49. The number of likely N-dealkylation sites (tertiary alicyclic amines) is 1. The molecule has 1 aliphatic rings. The fraction of sp³-hybridized carbons (Fsp3) is 0.562. The topological polar surface area (TPSA) is 20.3 Å². The first-order valence-electron chi connectivity index (χ1n) is 6.90. The van der Waals surface area contributed by atoms with Gasteiger partial charge in [0.25, 0.3) is 5.91 Å². The number of benzene rings is 1. The van der Waals surface area contributed by atoms with Gasteiger partial charge in [0.05, 0.1) is 0 Å². The van der Waals surface area contributed by atoms with Gasteiger partial charge in [-0.1, -0.05) is 17.7 Å². The van der Waals surface area contributed by atoms with Gasteiger partial charge >= 0.3 is 0 Å². The lowest BCUT2D eigenvalue weighted by Gasteiger charge is -2.39. The number of hydrogen-bond acceptors (Lipinski definition) is 1. The molecule has 0 radical (unpaired) electrons. The second-order valence-electron chi connectivity index (χ2n) is 5.66. The van der Waals surface area contributed by atoms with Crippen molar-refractivity contribution in [3.63, 3.8) is 0 Å². The second kappa shape index (κ2) is 5.13. The predicted octanol–water partition coefficient (Wildman–Crippen LogP) is 3.71. The molecule has 1 aromatic rings. The number of nitrogens with zero attached hydrogens (tertiary/aromatic N) is 1. The maximum absolute atomic E-state index is 12.7. The first-order chi connectivity index (χ1) is 8.50. The van der Waals surface area contributed by atoms with Crippen molar-refractivity contribution in [3.8, 4) is 0 Å². The first-order valence-corrected chi connectivity index (χ1v) is 6.90. The summed E-state index contributed by atoms with van der Waals surface area (Å²) in [5.41, 5.74) is 3.16. The van der Waals surface area contributed by atoms with E-state index in [1.807, 2.05) is 19.1 Å². The lowest BCUT2D eigenvalue weighted by Crippen LogP contribution is -2.47. The normalized spacial score (nSPS) is 24.1. The van der Waals surface area contributed by atoms with Crippen LogP contribution >= 0.6 is 0 Å². The second-order valence-corrected chi connectivity index (χ2v) is 5.66. The zero-order chi connectivity index (χ0) is 13.3. The van der Waals surface area contributed by atoms with Gasteiger partial charge in [-0.15, -0.1) is 0 Å². The van der Waals surface area contributed by atoms with Crippen LogP contribution in [-0.2, 0) is 0 Å². The van der Waals surface area contributed by atoms with Crippen LogP contribution in [0.3, 0.4) is 0 Å². The van der Waals surface area contributed by atoms with Crippen molar-refractivity contribution >= 4 is 5.91 Å². The van der Waals surface area contributed by atoms with E-state index in [4.69, 9.17) is 0 Å². The highest BCUT2D eigenvalue weighted by atomic mass is 16.2. The Labute approximate surface area is 110 Å². The summed E-state index contributed by atoms with van der Waals surface area (Å²) in [6, 6.07) is 6.82. The van der Waals surface area contributed by atoms with Crippen LogP contribution in [0.25, 0.3) is 0 Å². The summed E-state index contributed by atoms with van der Waals surface area (Å²) in [5, 5.41) is 0. The van der Waals surface area contributed by atoms with E-state index in [0.29, 0.717) is 12.1 Å². The molecule has 0 aliphatic carbocycles. The van der Waals surface area contributed by atoms with E-state index in [0.717, 1.165) is 24.0 Å². The van der Waals surface area contributed by atoms with Gasteiger partial charge in [-0.3, -0.25) is 4.79 Å². The van der Waals surface area contributed by atoms with Crippen molar-refractivity contribution in [2.75, 3.05) is 0 Å². The van der Waals surface area contributed by atoms with Crippen molar-refractivity contribution in [2.24, 2.45) is 0 Å². The third kappa shape index (κ3) is 2.43. The van der Waals surface area contributed by atoms with Gasteiger partial charge in [0.15, 0.2) is 0 Å². The smallest absolute Gasteiger partial charge is 0.254 e. The van der Waals surface area contributed by atoms with E-state index in [9.17, 15) is 4.79 Å². The summed E-state index contributed by atoms with van der Waals surface area (Å²) in [7, 11) is 0. The molecule has 1 heterocycles. The largest absolute Gasteiger partial charge is 0.333 e. The van der Waals surface area contributed by atoms with E-state index in [1.165, 1.54) is 12.0 Å². The third-order valence-electron chi connectivity index (χ3n) is 4.04. The van der Waals surface area contributed by atoms with Crippen LogP contribution in [0.4, 0.5) is 0 Å². The molecule has 2 nitrogen and oxygen atoms in total. The molecule has 2 atom stereocenters. The van der Waals surface area contributed by atoms with Crippen LogP contribution in [0.15, 0.2) is 18.2 Å². The Morgan fingerprint density at radius 2 is 1.78 bits per heavy atom. The summed E-state index contributed by atoms with van der Waals surface area (Å²) in [5.74, 6) is 0.201. The van der Waals surface area contributed by atoms with E-state index >= 15 is 0 Å². The Kier molecular flexibility index (Phi) is 3.74. The molecular weight excluding hydrogens is 222 g/mol. The van der Waals surface area contributed by atoms with Crippen molar-refractivity contribution in [3.05, 3.63) is 34.9 Å². The number of carbonyl (C=O) groups excluding carboxylic acids is 1. The fourth-order valence-electron chi connectivity index (χ4n) is 3.01. The predicted molar refractivity (Wildman–Crippen MR) is 74.9 cm³/mol. The Morgan fingerprint density at radius 3 is 2.33 bits per heavy atom. The van der Waals surface area contributed by atoms with Crippen molar-refractivity contribution < 1.29 is 4.79 Å². The lowest BCUT2D eigenvalue weighted by molar-refractivity contribution is 0.0510. The van der Waals surface area contributed by atoms with E-state index in [-0.39, 0.29) is 5.91 Å². The molecule has 0 aromatic heterocycles. The van der Waals surface area contributed by atoms with Gasteiger partial charge in [-0.2, -0.15) is 0 Å². The molecule has 0 N–H and O–H groups in total. The van der Waals surface area contributed by atoms with Crippen molar-refractivity contribution in [1.82, 2.24) is 4.90 Å². The van der Waals surface area contributed by atoms with Gasteiger partial charge < -0.3 is 4.90 Å². The molecule has 1 aromatic carbocycles. The van der Waals surface area contributed by atoms with Crippen LogP contribution in [0, 0.1) is 13.8 Å². The molecule has 2 unspecified atom stereocenters. The minimum absolute atomic E-state index is 0.201. The van der Waals surface area contributed by atoms with Crippen LogP contribution in [-0.4, -0.2) is 22.9 Å². The quantitative estimate of drug-likeness (QED) is 0.738. The average molecular weight is 245 g/mol. The SMILES string of the molecule is Cc1ccc(C(=O)N2C(C)CCCC2C)c(C)c1. The van der Waals surface area contributed by atoms with Gasteiger partial charge in [-0.05, 0) is 58.6 Å². The molecule has 1 fully saturated rings. The number of rotatable bonds is 1. The molecule has 18 heavy (non-hydrogen) atoms. The maximum Gasteiger partial charge on any atom is 0.254 e. The highest BCUT2D eigenvalue weighted by Crippen LogP contribution is 2.25. The molecule has 1 saturated heterocycles. The highest BCUT2D eigenvalue weighted by Gasteiger charge is 2.30. The molecule has 2 rings (SSSR count). The van der Waals surface area contributed by atoms with Crippen molar-refractivity contribution in [1.29, 1.82) is 0 Å². The molecule has 2 heteroatoms. The minimum Gasteiger partial charge on any atom is -0.333 e. The monoisotopic (exact) mass is 245 g/mol. The molecule has 1 aliphatic heterocycles. The van der Waals surface area contributed by atoms with E-state index in [2.05, 4.69) is 31.7 Å². The Balaban J connectivity index is 2.29. The molecule has 0 spiro atoms. The van der Waals surface area contributed by atoms with Crippen molar-refractivity contribution in [2.45, 2.75) is 59.0 Å². The zero-order valence-electron chi connectivity index (χ0n) is 11.9. The summed E-state index contributed by atoms with van der Waals surface area (Å²) < 4.78 is 0. The van der Waals surface area contributed by atoms with Crippen LogP contribution in [0.5, 0.6) is 0 Å². The van der Waals surface area contributed by atoms with Gasteiger partial charge in [-0.25, -0.2) is 0 Å². The molecule has 0 saturated carbocycles. The number of hydrogen-bond donors (Lipinski definition) is 0. The lowest BCUT2D eigenvalue weighted by atomic mass is 9.95. The fourth-order valence-corrected chi connectivity index (χ4v) is 3.01. The maximum atomic E-state index is 12.7. The Morgan fingerprint density at radius 1 is 1.17 bits per heavy atom. The standard InChI is InChI=1S/C16H23NO/c1-11-8-9-15(12(2)10-11)16(18)17-13(3)6-5-7-14(17)4/h8-10,13-14H,5-7H2,1-4H3. The van der Waals surface area contributed by atoms with Gasteiger partial charge in [0.1, 0.15) is 0 Å². The van der Waals surface area contributed by atoms with E-state index in [1.54, 1.807) is 0 Å². The number of amides is 1. The number of piperidine rings is 1. The van der Waals surface area contributed by atoms with Gasteiger partial charge in [0.2, 0.25) is 0 Å². The average Bonchev–Trinajstić information content (AvgIpc) is 2.28. The van der Waals surface area contributed by atoms with Crippen LogP contribution < -0.4 is 0 Å². The first kappa shape index (κ1) is 13.1.